The molecule has 2 aromatic carbocycles. The molecule has 1 fully saturated rings. The van der Waals surface area contributed by atoms with Gasteiger partial charge in [0.05, 0.1) is 13.7 Å². The van der Waals surface area contributed by atoms with Crippen molar-refractivity contribution in [2.45, 2.75) is 13.5 Å². The fourth-order valence-corrected chi connectivity index (χ4v) is 3.46. The minimum atomic E-state index is -0.320. The van der Waals surface area contributed by atoms with Crippen LogP contribution in [0.4, 0.5) is 10.5 Å². The minimum absolute atomic E-state index is 0.0516. The molecule has 3 rings (SSSR count). The van der Waals surface area contributed by atoms with E-state index in [-0.39, 0.29) is 11.9 Å². The van der Waals surface area contributed by atoms with Gasteiger partial charge in [-0.25, -0.2) is 10.3 Å². The largest absolute Gasteiger partial charge is 0.324 e. The SMILES string of the molecule is CONC(=O)c1ccc(CN(C(=O)N2CCN(C)CC2)c2ccc(C)c(Cl)c2)cc1. The second kappa shape index (κ2) is 9.93. The summed E-state index contributed by atoms with van der Waals surface area (Å²) in [4.78, 5) is 35.7. The summed E-state index contributed by atoms with van der Waals surface area (Å²) in [6, 6.07) is 12.7. The Morgan fingerprint density at radius 1 is 1.10 bits per heavy atom. The average molecular weight is 431 g/mol. The van der Waals surface area contributed by atoms with E-state index in [4.69, 9.17) is 11.6 Å². The third kappa shape index (κ3) is 5.30. The number of amides is 3. The van der Waals surface area contributed by atoms with Gasteiger partial charge in [-0.1, -0.05) is 29.8 Å². The highest BCUT2D eigenvalue weighted by atomic mass is 35.5. The number of anilines is 1. The maximum Gasteiger partial charge on any atom is 0.324 e. The average Bonchev–Trinajstić information content (AvgIpc) is 2.75. The fraction of sp³-hybridized carbons (Fsp3) is 0.364. The van der Waals surface area contributed by atoms with E-state index in [1.54, 1.807) is 17.0 Å². The van der Waals surface area contributed by atoms with Crippen molar-refractivity contribution in [3.63, 3.8) is 0 Å². The molecular formula is C22H27ClN4O3. The van der Waals surface area contributed by atoms with Crippen LogP contribution in [0.25, 0.3) is 0 Å². The zero-order valence-electron chi connectivity index (χ0n) is 17.5. The molecule has 7 nitrogen and oxygen atoms in total. The van der Waals surface area contributed by atoms with Gasteiger partial charge in [0.1, 0.15) is 0 Å². The van der Waals surface area contributed by atoms with Gasteiger partial charge in [0.2, 0.25) is 0 Å². The maximum absolute atomic E-state index is 13.4. The predicted molar refractivity (Wildman–Crippen MR) is 118 cm³/mol. The lowest BCUT2D eigenvalue weighted by Gasteiger charge is -2.36. The van der Waals surface area contributed by atoms with Crippen LogP contribution in [-0.2, 0) is 11.4 Å². The topological polar surface area (TPSA) is 65.1 Å². The van der Waals surface area contributed by atoms with Crippen molar-refractivity contribution >= 4 is 29.2 Å². The number of carbonyl (C=O) groups is 2. The van der Waals surface area contributed by atoms with E-state index in [9.17, 15) is 9.59 Å². The monoisotopic (exact) mass is 430 g/mol. The highest BCUT2D eigenvalue weighted by Crippen LogP contribution is 2.26. The molecule has 0 saturated carbocycles. The number of benzene rings is 2. The van der Waals surface area contributed by atoms with Gasteiger partial charge in [0.25, 0.3) is 5.91 Å². The van der Waals surface area contributed by atoms with Crippen LogP contribution in [0.15, 0.2) is 42.5 Å². The zero-order valence-corrected chi connectivity index (χ0v) is 18.3. The zero-order chi connectivity index (χ0) is 21.7. The van der Waals surface area contributed by atoms with Gasteiger partial charge in [-0.2, -0.15) is 0 Å². The second-order valence-corrected chi connectivity index (χ2v) is 7.83. The number of likely N-dealkylation sites (N-methyl/N-ethyl adjacent to an activating group) is 1. The molecule has 8 heteroatoms. The highest BCUT2D eigenvalue weighted by molar-refractivity contribution is 6.31. The summed E-state index contributed by atoms with van der Waals surface area (Å²) in [6.45, 7) is 5.36. The number of nitrogens with zero attached hydrogens (tertiary/aromatic N) is 3. The van der Waals surface area contributed by atoms with Crippen LogP contribution in [0.2, 0.25) is 5.02 Å². The van der Waals surface area contributed by atoms with Crippen LogP contribution in [0.3, 0.4) is 0 Å². The third-order valence-electron chi connectivity index (χ3n) is 5.22. The molecule has 0 radical (unpaired) electrons. The van der Waals surface area contributed by atoms with Crippen LogP contribution in [0, 0.1) is 6.92 Å². The Labute approximate surface area is 182 Å². The maximum atomic E-state index is 13.4. The molecule has 1 aliphatic heterocycles. The summed E-state index contributed by atoms with van der Waals surface area (Å²) >= 11 is 6.34. The number of urea groups is 1. The molecule has 0 unspecified atom stereocenters. The Morgan fingerprint density at radius 2 is 1.77 bits per heavy atom. The van der Waals surface area contributed by atoms with E-state index in [2.05, 4.69) is 22.3 Å². The van der Waals surface area contributed by atoms with Crippen LogP contribution in [-0.4, -0.2) is 62.1 Å². The van der Waals surface area contributed by atoms with Crippen LogP contribution < -0.4 is 10.4 Å². The standard InChI is InChI=1S/C22H27ClN4O3/c1-16-4-9-19(14-20(16)23)27(22(29)26-12-10-25(2)11-13-26)15-17-5-7-18(8-6-17)21(28)24-30-3/h4-9,14H,10-13,15H2,1-3H3,(H,24,28). The Kier molecular flexibility index (Phi) is 7.31. The number of carbonyl (C=O) groups excluding carboxylic acids is 2. The van der Waals surface area contributed by atoms with Gasteiger partial charge < -0.3 is 9.80 Å². The third-order valence-corrected chi connectivity index (χ3v) is 5.63. The molecule has 30 heavy (non-hydrogen) atoms. The van der Waals surface area contributed by atoms with E-state index in [0.717, 1.165) is 29.9 Å². The molecule has 160 valence electrons. The smallest absolute Gasteiger partial charge is 0.322 e. The first-order chi connectivity index (χ1) is 14.4. The van der Waals surface area contributed by atoms with Crippen molar-refractivity contribution in [3.8, 4) is 0 Å². The van der Waals surface area contributed by atoms with Gasteiger partial charge in [0.15, 0.2) is 0 Å². The number of hydrogen-bond acceptors (Lipinski definition) is 4. The lowest BCUT2D eigenvalue weighted by atomic mass is 10.1. The number of aryl methyl sites for hydroxylation is 1. The van der Waals surface area contributed by atoms with E-state index in [1.165, 1.54) is 7.11 Å². The van der Waals surface area contributed by atoms with Gasteiger partial charge >= 0.3 is 6.03 Å². The van der Waals surface area contributed by atoms with Crippen LogP contribution >= 0.6 is 11.6 Å². The molecule has 0 atom stereocenters. The normalized spacial score (nSPS) is 14.5. The van der Waals surface area contributed by atoms with Crippen molar-refractivity contribution in [3.05, 3.63) is 64.2 Å². The summed E-state index contributed by atoms with van der Waals surface area (Å²) in [7, 11) is 3.45. The number of hydrogen-bond donors (Lipinski definition) is 1. The number of rotatable bonds is 5. The van der Waals surface area contributed by atoms with E-state index in [1.807, 2.05) is 42.2 Å². The van der Waals surface area contributed by atoms with Gasteiger partial charge in [0, 0.05) is 42.5 Å². The quantitative estimate of drug-likeness (QED) is 0.739. The summed E-state index contributed by atoms with van der Waals surface area (Å²) in [5.41, 5.74) is 5.39. The van der Waals surface area contributed by atoms with Crippen molar-refractivity contribution < 1.29 is 14.4 Å². The molecule has 2 aromatic rings. The Morgan fingerprint density at radius 3 is 2.37 bits per heavy atom. The van der Waals surface area contributed by atoms with Gasteiger partial charge in [-0.3, -0.25) is 14.5 Å². The van der Waals surface area contributed by atoms with E-state index < -0.39 is 0 Å². The molecule has 1 heterocycles. The number of nitrogens with one attached hydrogen (secondary N) is 1. The van der Waals surface area contributed by atoms with E-state index >= 15 is 0 Å². The number of halogens is 1. The molecule has 0 spiro atoms. The van der Waals surface area contributed by atoms with Crippen molar-refractivity contribution in [2.24, 2.45) is 0 Å². The van der Waals surface area contributed by atoms with Crippen molar-refractivity contribution in [1.29, 1.82) is 0 Å². The summed E-state index contributed by atoms with van der Waals surface area (Å²) < 4.78 is 0. The molecule has 3 amide bonds. The minimum Gasteiger partial charge on any atom is -0.322 e. The van der Waals surface area contributed by atoms with Crippen molar-refractivity contribution in [1.82, 2.24) is 15.3 Å². The van der Waals surface area contributed by atoms with Crippen LogP contribution in [0.5, 0.6) is 0 Å². The first-order valence-electron chi connectivity index (χ1n) is 9.82. The molecule has 1 aliphatic rings. The Balaban J connectivity index is 1.84. The molecular weight excluding hydrogens is 404 g/mol. The number of hydroxylamine groups is 1. The summed E-state index contributed by atoms with van der Waals surface area (Å²) in [6.07, 6.45) is 0. The molecule has 1 N–H and O–H groups in total. The summed E-state index contributed by atoms with van der Waals surface area (Å²) in [5, 5.41) is 0.621. The van der Waals surface area contributed by atoms with Gasteiger partial charge in [-0.15, -0.1) is 0 Å². The Hall–Kier alpha value is -2.61. The van der Waals surface area contributed by atoms with Gasteiger partial charge in [-0.05, 0) is 49.4 Å². The first-order valence-corrected chi connectivity index (χ1v) is 10.2. The molecule has 0 aromatic heterocycles. The van der Waals surface area contributed by atoms with E-state index in [0.29, 0.717) is 30.2 Å². The molecule has 0 aliphatic carbocycles. The summed E-state index contributed by atoms with van der Waals surface area (Å²) in [5.74, 6) is -0.320. The lowest BCUT2D eigenvalue weighted by molar-refractivity contribution is 0.0537. The predicted octanol–water partition coefficient (Wildman–Crippen LogP) is 3.31. The molecule has 0 bridgehead atoms. The lowest BCUT2D eigenvalue weighted by Crippen LogP contribution is -2.51. The highest BCUT2D eigenvalue weighted by Gasteiger charge is 2.26. The second-order valence-electron chi connectivity index (χ2n) is 7.42. The van der Waals surface area contributed by atoms with Crippen LogP contribution in [0.1, 0.15) is 21.5 Å². The van der Waals surface area contributed by atoms with Crippen molar-refractivity contribution in [2.75, 3.05) is 45.2 Å². The fourth-order valence-electron chi connectivity index (χ4n) is 3.28. The molecule has 1 saturated heterocycles. The Bertz CT molecular complexity index is 896. The number of piperazine rings is 1. The first kappa shape index (κ1) is 22.1.